The van der Waals surface area contributed by atoms with Crippen LogP contribution < -0.4 is 5.32 Å². The van der Waals surface area contributed by atoms with Crippen LogP contribution in [0.15, 0.2) is 0 Å². The van der Waals surface area contributed by atoms with Gasteiger partial charge in [-0.05, 0) is 25.4 Å². The van der Waals surface area contributed by atoms with Crippen molar-refractivity contribution in [3.05, 3.63) is 0 Å². The first-order chi connectivity index (χ1) is 4.34. The molecule has 0 aromatic heterocycles. The van der Waals surface area contributed by atoms with E-state index in [1.165, 1.54) is 0 Å². The molecule has 1 N–H and O–H groups in total. The quantitative estimate of drug-likeness (QED) is 0.471. The van der Waals surface area contributed by atoms with Crippen molar-refractivity contribution in [2.75, 3.05) is 13.1 Å². The van der Waals surface area contributed by atoms with Crippen molar-refractivity contribution in [3.63, 3.8) is 0 Å². The van der Waals surface area contributed by atoms with E-state index in [9.17, 15) is 0 Å². The van der Waals surface area contributed by atoms with Crippen LogP contribution >= 0.6 is 0 Å². The van der Waals surface area contributed by atoms with E-state index in [2.05, 4.69) is 18.2 Å². The third-order valence-electron chi connectivity index (χ3n) is 2.00. The second-order valence-corrected chi connectivity index (χ2v) is 2.74. The molecule has 50 valence electrons. The molecule has 0 amide bonds. The Morgan fingerprint density at radius 3 is 2.89 bits per heavy atom. The van der Waals surface area contributed by atoms with Crippen LogP contribution in [0.1, 0.15) is 13.3 Å². The molecule has 1 saturated heterocycles. The minimum absolute atomic E-state index is 0.520. The number of terminal acetylenes is 1. The highest BCUT2D eigenvalue weighted by molar-refractivity contribution is 4.97. The normalized spacial score (nSPS) is 35.6. The van der Waals surface area contributed by atoms with Gasteiger partial charge in [0.15, 0.2) is 0 Å². The Bertz CT molecular complexity index is 123. The molecule has 0 aromatic rings. The Morgan fingerprint density at radius 2 is 2.44 bits per heavy atom. The zero-order chi connectivity index (χ0) is 6.69. The van der Waals surface area contributed by atoms with Crippen molar-refractivity contribution in [3.8, 4) is 12.3 Å². The molecule has 0 bridgehead atoms. The van der Waals surface area contributed by atoms with Gasteiger partial charge in [-0.3, -0.25) is 0 Å². The molecule has 0 radical (unpaired) electrons. The van der Waals surface area contributed by atoms with Crippen LogP contribution in [0.5, 0.6) is 0 Å². The average molecular weight is 123 g/mol. The lowest BCUT2D eigenvalue weighted by Gasteiger charge is -2.24. The van der Waals surface area contributed by atoms with Gasteiger partial charge in [0.05, 0.1) is 0 Å². The van der Waals surface area contributed by atoms with Gasteiger partial charge in [0.25, 0.3) is 0 Å². The topological polar surface area (TPSA) is 12.0 Å². The summed E-state index contributed by atoms with van der Waals surface area (Å²) in [6, 6.07) is 0. The lowest BCUT2D eigenvalue weighted by atomic mass is 9.89. The van der Waals surface area contributed by atoms with Crippen LogP contribution in [0.3, 0.4) is 0 Å². The highest BCUT2D eigenvalue weighted by atomic mass is 14.9. The standard InChI is InChI=1S/C8H13N/c1-3-8-4-5-9-6-7(8)2/h1,7-9H,4-6H2,2H3. The Labute approximate surface area is 56.8 Å². The summed E-state index contributed by atoms with van der Waals surface area (Å²) in [4.78, 5) is 0. The maximum atomic E-state index is 5.32. The van der Waals surface area contributed by atoms with E-state index in [-0.39, 0.29) is 0 Å². The van der Waals surface area contributed by atoms with Crippen LogP contribution in [0.2, 0.25) is 0 Å². The number of piperidine rings is 1. The summed E-state index contributed by atoms with van der Waals surface area (Å²) in [7, 11) is 0. The van der Waals surface area contributed by atoms with Crippen molar-refractivity contribution in [2.24, 2.45) is 11.8 Å². The van der Waals surface area contributed by atoms with Crippen molar-refractivity contribution >= 4 is 0 Å². The van der Waals surface area contributed by atoms with Gasteiger partial charge in [0, 0.05) is 5.92 Å². The number of nitrogens with one attached hydrogen (secondary N) is 1. The van der Waals surface area contributed by atoms with E-state index in [1.807, 2.05) is 0 Å². The van der Waals surface area contributed by atoms with E-state index in [1.54, 1.807) is 0 Å². The van der Waals surface area contributed by atoms with Gasteiger partial charge in [0.1, 0.15) is 0 Å². The van der Waals surface area contributed by atoms with Crippen LogP contribution in [0.4, 0.5) is 0 Å². The fraction of sp³-hybridized carbons (Fsp3) is 0.750. The first-order valence-electron chi connectivity index (χ1n) is 3.51. The second kappa shape index (κ2) is 2.89. The number of hydrogen-bond donors (Lipinski definition) is 1. The molecule has 9 heavy (non-hydrogen) atoms. The van der Waals surface area contributed by atoms with E-state index < -0.39 is 0 Å². The lowest BCUT2D eigenvalue weighted by Crippen LogP contribution is -2.34. The summed E-state index contributed by atoms with van der Waals surface area (Å²) >= 11 is 0. The van der Waals surface area contributed by atoms with Gasteiger partial charge < -0.3 is 5.32 Å². The molecule has 1 heterocycles. The summed E-state index contributed by atoms with van der Waals surface area (Å²) in [5.74, 6) is 4.00. The summed E-state index contributed by atoms with van der Waals surface area (Å²) < 4.78 is 0. The third-order valence-corrected chi connectivity index (χ3v) is 2.00. The minimum Gasteiger partial charge on any atom is -0.316 e. The Kier molecular flexibility index (Phi) is 2.13. The van der Waals surface area contributed by atoms with Gasteiger partial charge in [0.2, 0.25) is 0 Å². The maximum absolute atomic E-state index is 5.32. The van der Waals surface area contributed by atoms with Gasteiger partial charge in [-0.25, -0.2) is 0 Å². The molecule has 2 unspecified atom stereocenters. The zero-order valence-electron chi connectivity index (χ0n) is 5.85. The smallest absolute Gasteiger partial charge is 0.0250 e. The predicted molar refractivity (Wildman–Crippen MR) is 39.0 cm³/mol. The molecule has 1 aliphatic rings. The Hall–Kier alpha value is -0.480. The van der Waals surface area contributed by atoms with Crippen LogP contribution in [-0.4, -0.2) is 13.1 Å². The first kappa shape index (κ1) is 6.64. The third kappa shape index (κ3) is 1.46. The highest BCUT2D eigenvalue weighted by Gasteiger charge is 2.17. The molecular weight excluding hydrogens is 110 g/mol. The largest absolute Gasteiger partial charge is 0.316 e. The molecule has 1 rings (SSSR count). The van der Waals surface area contributed by atoms with Gasteiger partial charge in [-0.1, -0.05) is 6.92 Å². The van der Waals surface area contributed by atoms with Crippen molar-refractivity contribution in [1.29, 1.82) is 0 Å². The van der Waals surface area contributed by atoms with Crippen LogP contribution in [0.25, 0.3) is 0 Å². The molecule has 1 heteroatoms. The Balaban J connectivity index is 2.41. The zero-order valence-corrected chi connectivity index (χ0v) is 5.85. The average Bonchev–Trinajstić information content (AvgIpc) is 1.89. The van der Waals surface area contributed by atoms with E-state index >= 15 is 0 Å². The summed E-state index contributed by atoms with van der Waals surface area (Å²) in [6.07, 6.45) is 6.47. The van der Waals surface area contributed by atoms with Gasteiger partial charge in [-0.2, -0.15) is 0 Å². The van der Waals surface area contributed by atoms with Crippen molar-refractivity contribution < 1.29 is 0 Å². The van der Waals surface area contributed by atoms with E-state index in [0.717, 1.165) is 19.5 Å². The number of rotatable bonds is 0. The monoisotopic (exact) mass is 123 g/mol. The fourth-order valence-corrected chi connectivity index (χ4v) is 1.26. The van der Waals surface area contributed by atoms with Crippen LogP contribution in [-0.2, 0) is 0 Å². The van der Waals surface area contributed by atoms with E-state index in [0.29, 0.717) is 11.8 Å². The molecule has 1 aliphatic heterocycles. The molecule has 2 atom stereocenters. The molecule has 0 aliphatic carbocycles. The van der Waals surface area contributed by atoms with Gasteiger partial charge in [-0.15, -0.1) is 12.3 Å². The fourth-order valence-electron chi connectivity index (χ4n) is 1.26. The van der Waals surface area contributed by atoms with Crippen molar-refractivity contribution in [1.82, 2.24) is 5.32 Å². The SMILES string of the molecule is C#CC1CCNCC1C. The first-order valence-corrected chi connectivity index (χ1v) is 3.51. The Morgan fingerprint density at radius 1 is 1.67 bits per heavy atom. The molecule has 1 nitrogen and oxygen atoms in total. The molecule has 0 spiro atoms. The van der Waals surface area contributed by atoms with Gasteiger partial charge >= 0.3 is 0 Å². The summed E-state index contributed by atoms with van der Waals surface area (Å²) in [5.41, 5.74) is 0. The highest BCUT2D eigenvalue weighted by Crippen LogP contribution is 2.16. The second-order valence-electron chi connectivity index (χ2n) is 2.74. The molecule has 1 fully saturated rings. The van der Waals surface area contributed by atoms with Crippen molar-refractivity contribution in [2.45, 2.75) is 13.3 Å². The number of hydrogen-bond acceptors (Lipinski definition) is 1. The minimum atomic E-state index is 0.520. The lowest BCUT2D eigenvalue weighted by molar-refractivity contribution is 0.335. The summed E-state index contributed by atoms with van der Waals surface area (Å²) in [6.45, 7) is 4.39. The molecule has 0 aromatic carbocycles. The molecule has 0 saturated carbocycles. The summed E-state index contributed by atoms with van der Waals surface area (Å²) in [5, 5.41) is 3.30. The maximum Gasteiger partial charge on any atom is 0.0250 e. The molecular formula is C8H13N. The van der Waals surface area contributed by atoms with Crippen LogP contribution in [0, 0.1) is 24.2 Å². The van der Waals surface area contributed by atoms with E-state index in [4.69, 9.17) is 6.42 Å². The predicted octanol–water partition coefficient (Wildman–Crippen LogP) is 0.865.